The molecule has 2 aromatic carbocycles. The van der Waals surface area contributed by atoms with E-state index in [0.29, 0.717) is 0 Å². The molecule has 0 aliphatic heterocycles. The van der Waals surface area contributed by atoms with Crippen molar-refractivity contribution in [1.29, 1.82) is 0 Å². The van der Waals surface area contributed by atoms with Crippen LogP contribution in [0.3, 0.4) is 0 Å². The lowest BCUT2D eigenvalue weighted by atomic mass is 9.86. The molecule has 2 rings (SSSR count). The van der Waals surface area contributed by atoms with Gasteiger partial charge < -0.3 is 18.9 Å². The summed E-state index contributed by atoms with van der Waals surface area (Å²) in [7, 11) is 4.96. The minimum atomic E-state index is -1.06. The number of hydrogen-bond acceptors (Lipinski definition) is 8. The van der Waals surface area contributed by atoms with Crippen LogP contribution in [0, 0.1) is 11.8 Å². The zero-order chi connectivity index (χ0) is 28.7. The minimum absolute atomic E-state index is 0.237. The molecule has 1 atom stereocenters. The fraction of sp³-hybridized carbons (Fsp3) is 0.286. The molecule has 0 bridgehead atoms. The van der Waals surface area contributed by atoms with E-state index in [4.69, 9.17) is 0 Å². The van der Waals surface area contributed by atoms with Crippen LogP contribution in [0.15, 0.2) is 76.2 Å². The van der Waals surface area contributed by atoms with Crippen molar-refractivity contribution in [3.8, 4) is 0 Å². The van der Waals surface area contributed by atoms with Crippen LogP contribution in [-0.2, 0) is 38.1 Å². The maximum Gasteiger partial charge on any atom is 0.321 e. The third-order valence-electron chi connectivity index (χ3n) is 5.33. The molecule has 0 spiro atoms. The van der Waals surface area contributed by atoms with E-state index < -0.39 is 41.6 Å². The molecular formula is C28H30Br2O8. The van der Waals surface area contributed by atoms with Crippen LogP contribution in [0.5, 0.6) is 0 Å². The summed E-state index contributed by atoms with van der Waals surface area (Å²) in [6.07, 6.45) is 5.36. The largest absolute Gasteiger partial charge is 0.468 e. The van der Waals surface area contributed by atoms with Gasteiger partial charge in [0.25, 0.3) is 0 Å². The Bertz CT molecular complexity index is 1110. The van der Waals surface area contributed by atoms with Gasteiger partial charge >= 0.3 is 23.9 Å². The predicted molar refractivity (Wildman–Crippen MR) is 150 cm³/mol. The first-order chi connectivity index (χ1) is 18.2. The van der Waals surface area contributed by atoms with Gasteiger partial charge in [-0.05, 0) is 29.7 Å². The number of carbonyl (C=O) groups is 4. The van der Waals surface area contributed by atoms with E-state index in [1.165, 1.54) is 28.4 Å². The highest BCUT2D eigenvalue weighted by Gasteiger charge is 2.37. The van der Waals surface area contributed by atoms with Crippen molar-refractivity contribution in [2.75, 3.05) is 28.4 Å². The van der Waals surface area contributed by atoms with Crippen LogP contribution in [-0.4, -0.2) is 52.3 Å². The van der Waals surface area contributed by atoms with Gasteiger partial charge in [0.15, 0.2) is 11.8 Å². The maximum absolute atomic E-state index is 11.8. The first-order valence-electron chi connectivity index (χ1n) is 11.3. The normalized spacial score (nSPS) is 11.3. The molecule has 0 saturated carbocycles. The van der Waals surface area contributed by atoms with Crippen molar-refractivity contribution in [1.82, 2.24) is 0 Å². The summed E-state index contributed by atoms with van der Waals surface area (Å²) >= 11 is 6.81. The Morgan fingerprint density at radius 1 is 0.763 bits per heavy atom. The Morgan fingerprint density at radius 3 is 1.68 bits per heavy atom. The third-order valence-corrected chi connectivity index (χ3v) is 6.78. The molecule has 0 heterocycles. The lowest BCUT2D eigenvalue weighted by molar-refractivity contribution is -0.160. The van der Waals surface area contributed by atoms with E-state index in [0.717, 1.165) is 20.1 Å². The van der Waals surface area contributed by atoms with Crippen LogP contribution in [0.4, 0.5) is 0 Å². The molecule has 0 radical (unpaired) electrons. The molecule has 204 valence electrons. The Morgan fingerprint density at radius 2 is 1.24 bits per heavy atom. The highest BCUT2D eigenvalue weighted by Crippen LogP contribution is 2.33. The Balaban J connectivity index is 0.000000380. The van der Waals surface area contributed by atoms with E-state index >= 15 is 0 Å². The number of hydrogen-bond donors (Lipinski definition) is 0. The van der Waals surface area contributed by atoms with E-state index in [9.17, 15) is 19.2 Å². The van der Waals surface area contributed by atoms with Crippen molar-refractivity contribution < 1.29 is 38.1 Å². The second kappa shape index (κ2) is 17.3. The lowest BCUT2D eigenvalue weighted by Crippen LogP contribution is -2.31. The highest BCUT2D eigenvalue weighted by atomic mass is 79.9. The molecule has 0 aliphatic carbocycles. The highest BCUT2D eigenvalue weighted by molar-refractivity contribution is 9.10. The third kappa shape index (κ3) is 9.57. The number of esters is 4. The van der Waals surface area contributed by atoms with Gasteiger partial charge in [-0.2, -0.15) is 0 Å². The second-order valence-corrected chi connectivity index (χ2v) is 9.27. The molecule has 38 heavy (non-hydrogen) atoms. The Kier molecular flexibility index (Phi) is 14.9. The number of rotatable bonds is 10. The van der Waals surface area contributed by atoms with Gasteiger partial charge in [0.2, 0.25) is 0 Å². The van der Waals surface area contributed by atoms with Gasteiger partial charge in [-0.15, -0.1) is 6.58 Å². The molecule has 8 nitrogen and oxygen atoms in total. The molecule has 2 aromatic rings. The van der Waals surface area contributed by atoms with Crippen molar-refractivity contribution in [2.24, 2.45) is 11.8 Å². The molecule has 0 saturated heterocycles. The van der Waals surface area contributed by atoms with Crippen molar-refractivity contribution in [3.05, 3.63) is 87.3 Å². The molecule has 0 fully saturated rings. The standard InChI is InChI=1S/2C14H15BrO4/c1-18-13(16)11(14(17)19-2)8-5-7-10-6-3-4-9-12(10)15;1-4-9(10-7-5-6-8-11(10)15)12(13(16)18-2)14(17)19-3/h3-7,9,11H,8H2,1-2H3;4-9,12H,1H2,2-3H3/b7-5+;. The van der Waals surface area contributed by atoms with Gasteiger partial charge in [-0.25, -0.2) is 0 Å². The quantitative estimate of drug-likeness (QED) is 0.143. The fourth-order valence-electron chi connectivity index (χ4n) is 3.35. The van der Waals surface area contributed by atoms with Gasteiger partial charge in [0.1, 0.15) is 0 Å². The summed E-state index contributed by atoms with van der Waals surface area (Å²) < 4.78 is 20.2. The van der Waals surface area contributed by atoms with Crippen molar-refractivity contribution in [3.63, 3.8) is 0 Å². The van der Waals surface area contributed by atoms with E-state index in [2.05, 4.69) is 57.4 Å². The van der Waals surface area contributed by atoms with Crippen LogP contribution in [0.1, 0.15) is 23.5 Å². The van der Waals surface area contributed by atoms with Gasteiger partial charge in [-0.1, -0.05) is 86.5 Å². The fourth-order valence-corrected chi connectivity index (χ4v) is 4.31. The van der Waals surface area contributed by atoms with Gasteiger partial charge in [0.05, 0.1) is 28.4 Å². The maximum atomic E-state index is 11.8. The molecule has 10 heteroatoms. The number of ether oxygens (including phenoxy) is 4. The van der Waals surface area contributed by atoms with Crippen LogP contribution in [0.2, 0.25) is 0 Å². The number of methoxy groups -OCH3 is 4. The summed E-state index contributed by atoms with van der Waals surface area (Å²) in [5.41, 5.74) is 1.74. The van der Waals surface area contributed by atoms with E-state index in [-0.39, 0.29) is 6.42 Å². The van der Waals surface area contributed by atoms with Gasteiger partial charge in [0, 0.05) is 14.9 Å². The molecule has 0 aromatic heterocycles. The first kappa shape index (κ1) is 32.8. The number of benzene rings is 2. The molecule has 0 N–H and O–H groups in total. The summed E-state index contributed by atoms with van der Waals surface area (Å²) in [5, 5.41) is 0. The van der Waals surface area contributed by atoms with Crippen LogP contribution in [0.25, 0.3) is 6.08 Å². The van der Waals surface area contributed by atoms with Crippen LogP contribution < -0.4 is 0 Å². The van der Waals surface area contributed by atoms with Crippen molar-refractivity contribution >= 4 is 61.8 Å². The zero-order valence-corrected chi connectivity index (χ0v) is 24.7. The first-order valence-corrected chi connectivity index (χ1v) is 12.8. The molecule has 1 unspecified atom stereocenters. The Hall–Kier alpha value is -3.24. The summed E-state index contributed by atoms with van der Waals surface area (Å²) in [4.78, 5) is 46.5. The molecule has 0 amide bonds. The lowest BCUT2D eigenvalue weighted by Gasteiger charge is -2.21. The average molecular weight is 654 g/mol. The smallest absolute Gasteiger partial charge is 0.321 e. The number of carbonyl (C=O) groups excluding carboxylic acids is 4. The van der Waals surface area contributed by atoms with Crippen molar-refractivity contribution in [2.45, 2.75) is 12.3 Å². The SMILES string of the molecule is C=CC(c1ccccc1Br)C(C(=O)OC)C(=O)OC.COC(=O)C(C/C=C/c1ccccc1Br)C(=O)OC. The Labute approximate surface area is 239 Å². The van der Waals surface area contributed by atoms with E-state index in [1.54, 1.807) is 12.2 Å². The second-order valence-electron chi connectivity index (χ2n) is 7.57. The summed E-state index contributed by atoms with van der Waals surface area (Å²) in [5.74, 6) is -4.98. The summed E-state index contributed by atoms with van der Waals surface area (Å²) in [6.45, 7) is 3.70. The number of halogens is 2. The summed E-state index contributed by atoms with van der Waals surface area (Å²) in [6, 6.07) is 15.0. The van der Waals surface area contributed by atoms with E-state index in [1.807, 2.05) is 54.6 Å². The molecule has 0 aliphatic rings. The average Bonchev–Trinajstić information content (AvgIpc) is 2.94. The topological polar surface area (TPSA) is 105 Å². The molecular weight excluding hydrogens is 624 g/mol. The van der Waals surface area contributed by atoms with Gasteiger partial charge in [-0.3, -0.25) is 19.2 Å². The zero-order valence-electron chi connectivity index (χ0n) is 21.5. The number of allylic oxidation sites excluding steroid dienone is 2. The monoisotopic (exact) mass is 652 g/mol. The predicted octanol–water partition coefficient (Wildman–Crippen LogP) is 5.50. The van der Waals surface area contributed by atoms with Crippen LogP contribution >= 0.6 is 31.9 Å². The minimum Gasteiger partial charge on any atom is -0.468 e.